The number of hydrogen-bond donors (Lipinski definition) is 0. The van der Waals surface area contributed by atoms with Gasteiger partial charge < -0.3 is 9.47 Å². The zero-order chi connectivity index (χ0) is 25.8. The monoisotopic (exact) mass is 520 g/mol. The topological polar surface area (TPSA) is 99.0 Å². The van der Waals surface area contributed by atoms with Crippen LogP contribution < -0.4 is 9.47 Å². The molecule has 1 saturated heterocycles. The fraction of sp³-hybridized carbons (Fsp3) is 0.115. The molecule has 4 rings (SSSR count). The van der Waals surface area contributed by atoms with Crippen molar-refractivity contribution in [1.29, 1.82) is 0 Å². The molecular formula is C26H20N2O6S2. The third kappa shape index (κ3) is 5.29. The molecule has 1 fully saturated rings. The Labute approximate surface area is 216 Å². The van der Waals surface area contributed by atoms with Crippen molar-refractivity contribution in [2.24, 2.45) is 0 Å². The lowest BCUT2D eigenvalue weighted by Gasteiger charge is -2.23. The first-order valence-corrected chi connectivity index (χ1v) is 12.0. The van der Waals surface area contributed by atoms with Crippen LogP contribution in [-0.2, 0) is 4.79 Å². The van der Waals surface area contributed by atoms with Crippen LogP contribution in [0.5, 0.6) is 11.5 Å². The van der Waals surface area contributed by atoms with Crippen molar-refractivity contribution >= 4 is 51.9 Å². The number of hydrogen-bond acceptors (Lipinski definition) is 8. The Hall–Kier alpha value is -4.02. The summed E-state index contributed by atoms with van der Waals surface area (Å²) in [5.74, 6) is -0.561. The number of carbonyl (C=O) groups excluding carboxylic acids is 2. The highest BCUT2D eigenvalue weighted by molar-refractivity contribution is 8.26. The number of esters is 1. The molecule has 1 heterocycles. The smallest absolute Gasteiger partial charge is 0.343 e. The van der Waals surface area contributed by atoms with E-state index in [2.05, 4.69) is 0 Å². The minimum absolute atomic E-state index is 0.0338. The number of thioether (sulfide) groups is 1. The van der Waals surface area contributed by atoms with Gasteiger partial charge in [-0.05, 0) is 42.3 Å². The normalized spacial score (nSPS) is 15.2. The van der Waals surface area contributed by atoms with Crippen molar-refractivity contribution in [2.45, 2.75) is 13.0 Å². The Bertz CT molecular complexity index is 1390. The third-order valence-corrected chi connectivity index (χ3v) is 6.80. The number of nitro groups is 1. The van der Waals surface area contributed by atoms with Crippen molar-refractivity contribution in [3.05, 3.63) is 105 Å². The van der Waals surface area contributed by atoms with Gasteiger partial charge in [-0.2, -0.15) is 0 Å². The van der Waals surface area contributed by atoms with E-state index in [9.17, 15) is 19.7 Å². The summed E-state index contributed by atoms with van der Waals surface area (Å²) in [5.41, 5.74) is 1.44. The number of rotatable bonds is 7. The number of thiocarbonyl (C=S) groups is 1. The van der Waals surface area contributed by atoms with Crippen LogP contribution in [-0.4, -0.2) is 33.1 Å². The number of methoxy groups -OCH3 is 1. The van der Waals surface area contributed by atoms with Crippen molar-refractivity contribution < 1.29 is 24.0 Å². The molecule has 1 atom stereocenters. The van der Waals surface area contributed by atoms with Gasteiger partial charge in [0.15, 0.2) is 11.5 Å². The van der Waals surface area contributed by atoms with Crippen LogP contribution in [0.4, 0.5) is 5.69 Å². The van der Waals surface area contributed by atoms with E-state index in [1.807, 2.05) is 37.3 Å². The lowest BCUT2D eigenvalue weighted by atomic mass is 10.1. The second-order valence-electron chi connectivity index (χ2n) is 7.75. The van der Waals surface area contributed by atoms with Gasteiger partial charge in [0.05, 0.1) is 28.5 Å². The molecule has 0 bridgehead atoms. The van der Waals surface area contributed by atoms with Gasteiger partial charge >= 0.3 is 5.97 Å². The molecular weight excluding hydrogens is 500 g/mol. The highest BCUT2D eigenvalue weighted by Gasteiger charge is 2.36. The third-order valence-electron chi connectivity index (χ3n) is 5.47. The standard InChI is InChI=1S/C26H20N2O6S2/c1-16(18-7-4-3-5-8-18)27-24(29)23(36-26(27)35)14-17-11-12-21(22(13-17)33-2)34-25(30)19-9-6-10-20(15-19)28(31)32/h3-16H,1-2H3/b23-14-/t16-/m0/s1. The molecule has 0 aliphatic carbocycles. The summed E-state index contributed by atoms with van der Waals surface area (Å²) in [5, 5.41) is 11.0. The van der Waals surface area contributed by atoms with Gasteiger partial charge in [0, 0.05) is 12.1 Å². The molecule has 0 radical (unpaired) electrons. The van der Waals surface area contributed by atoms with E-state index >= 15 is 0 Å². The second kappa shape index (κ2) is 10.7. The van der Waals surface area contributed by atoms with E-state index in [1.165, 1.54) is 43.1 Å². The van der Waals surface area contributed by atoms with Crippen LogP contribution >= 0.6 is 24.0 Å². The second-order valence-corrected chi connectivity index (χ2v) is 9.42. The van der Waals surface area contributed by atoms with Crippen molar-refractivity contribution in [3.8, 4) is 11.5 Å². The van der Waals surface area contributed by atoms with E-state index in [-0.39, 0.29) is 34.7 Å². The molecule has 1 amide bonds. The number of amides is 1. The summed E-state index contributed by atoms with van der Waals surface area (Å²) in [6.07, 6.45) is 1.70. The summed E-state index contributed by atoms with van der Waals surface area (Å²) < 4.78 is 11.3. The Morgan fingerprint density at radius 1 is 1.08 bits per heavy atom. The first-order chi connectivity index (χ1) is 17.3. The molecule has 10 heteroatoms. The van der Waals surface area contributed by atoms with Crippen LogP contribution in [0.1, 0.15) is 34.5 Å². The predicted octanol–water partition coefficient (Wildman–Crippen LogP) is 5.79. The van der Waals surface area contributed by atoms with Crippen LogP contribution in [0.25, 0.3) is 6.08 Å². The number of benzene rings is 3. The predicted molar refractivity (Wildman–Crippen MR) is 141 cm³/mol. The van der Waals surface area contributed by atoms with Gasteiger partial charge in [0.25, 0.3) is 11.6 Å². The lowest BCUT2D eigenvalue weighted by molar-refractivity contribution is -0.384. The maximum Gasteiger partial charge on any atom is 0.343 e. The fourth-order valence-corrected chi connectivity index (χ4v) is 5.03. The van der Waals surface area contributed by atoms with Crippen LogP contribution in [0.3, 0.4) is 0 Å². The first kappa shape index (κ1) is 25.1. The van der Waals surface area contributed by atoms with Crippen molar-refractivity contribution in [1.82, 2.24) is 4.90 Å². The number of non-ortho nitro benzene ring substituents is 1. The molecule has 0 saturated carbocycles. The van der Waals surface area contributed by atoms with Crippen molar-refractivity contribution in [2.75, 3.05) is 7.11 Å². The van der Waals surface area contributed by atoms with Crippen LogP contribution in [0, 0.1) is 10.1 Å². The van der Waals surface area contributed by atoms with Crippen LogP contribution in [0.2, 0.25) is 0 Å². The maximum atomic E-state index is 13.1. The first-order valence-electron chi connectivity index (χ1n) is 10.7. The van der Waals surface area contributed by atoms with Crippen LogP contribution in [0.15, 0.2) is 77.7 Å². The highest BCUT2D eigenvalue weighted by Crippen LogP contribution is 2.39. The van der Waals surface area contributed by atoms with Gasteiger partial charge in [-0.15, -0.1) is 0 Å². The molecule has 0 aromatic heterocycles. The molecule has 3 aromatic carbocycles. The Kier molecular flexibility index (Phi) is 7.47. The molecule has 8 nitrogen and oxygen atoms in total. The van der Waals surface area contributed by atoms with Gasteiger partial charge in [-0.1, -0.05) is 66.4 Å². The van der Waals surface area contributed by atoms with Gasteiger partial charge in [-0.25, -0.2) is 4.79 Å². The number of carbonyl (C=O) groups is 2. The number of ether oxygens (including phenoxy) is 2. The average Bonchev–Trinajstić information content (AvgIpc) is 3.17. The quantitative estimate of drug-likeness (QED) is 0.0965. The van der Waals surface area contributed by atoms with E-state index in [0.717, 1.165) is 11.6 Å². The van der Waals surface area contributed by atoms with E-state index in [4.69, 9.17) is 21.7 Å². The summed E-state index contributed by atoms with van der Waals surface area (Å²) >= 11 is 6.70. The molecule has 0 N–H and O–H groups in total. The fourth-order valence-electron chi connectivity index (χ4n) is 3.61. The molecule has 1 aliphatic rings. The summed E-state index contributed by atoms with van der Waals surface area (Å²) in [7, 11) is 1.42. The SMILES string of the molecule is COc1cc(/C=C2\SC(=S)N([C@@H](C)c3ccccc3)C2=O)ccc1OC(=O)c1cccc([N+](=O)[O-])c1. The molecule has 1 aliphatic heterocycles. The lowest BCUT2D eigenvalue weighted by Crippen LogP contribution is -2.30. The summed E-state index contributed by atoms with van der Waals surface area (Å²) in [6, 6.07) is 19.5. The Morgan fingerprint density at radius 2 is 1.83 bits per heavy atom. The Balaban J connectivity index is 1.54. The van der Waals surface area contributed by atoms with E-state index in [0.29, 0.717) is 14.8 Å². The molecule has 0 spiro atoms. The maximum absolute atomic E-state index is 13.1. The van der Waals surface area contributed by atoms with Crippen molar-refractivity contribution in [3.63, 3.8) is 0 Å². The number of nitrogens with zero attached hydrogens (tertiary/aromatic N) is 2. The highest BCUT2D eigenvalue weighted by atomic mass is 32.2. The van der Waals surface area contributed by atoms with E-state index < -0.39 is 10.9 Å². The zero-order valence-electron chi connectivity index (χ0n) is 19.2. The van der Waals surface area contributed by atoms with Gasteiger partial charge in [0.2, 0.25) is 0 Å². The zero-order valence-corrected chi connectivity index (χ0v) is 20.9. The Morgan fingerprint density at radius 3 is 2.53 bits per heavy atom. The van der Waals surface area contributed by atoms with Gasteiger partial charge in [0.1, 0.15) is 4.32 Å². The largest absolute Gasteiger partial charge is 0.493 e. The molecule has 36 heavy (non-hydrogen) atoms. The van der Waals surface area contributed by atoms with E-state index in [1.54, 1.807) is 23.1 Å². The number of nitro benzene ring substituents is 1. The average molecular weight is 521 g/mol. The summed E-state index contributed by atoms with van der Waals surface area (Å²) in [4.78, 5) is 38.1. The molecule has 182 valence electrons. The molecule has 3 aromatic rings. The summed E-state index contributed by atoms with van der Waals surface area (Å²) in [6.45, 7) is 1.93. The van der Waals surface area contributed by atoms with Gasteiger partial charge in [-0.3, -0.25) is 19.8 Å². The minimum atomic E-state index is -0.763. The molecule has 0 unspecified atom stereocenters. The minimum Gasteiger partial charge on any atom is -0.493 e.